The monoisotopic (exact) mass is 254 g/mol. The second-order valence-corrected chi connectivity index (χ2v) is 5.04. The van der Waals surface area contributed by atoms with Gasteiger partial charge in [0.15, 0.2) is 0 Å². The summed E-state index contributed by atoms with van der Waals surface area (Å²) in [6, 6.07) is 6.68. The number of nitrogens with zero attached hydrogens (tertiary/aromatic N) is 1. The van der Waals surface area contributed by atoms with Gasteiger partial charge in [0.1, 0.15) is 5.75 Å². The van der Waals surface area contributed by atoms with Gasteiger partial charge >= 0.3 is 0 Å². The van der Waals surface area contributed by atoms with Crippen LogP contribution in [-0.4, -0.2) is 30.6 Å². The molecule has 0 amide bonds. The highest BCUT2D eigenvalue weighted by Crippen LogP contribution is 2.26. The number of hydrogen-bond acceptors (Lipinski definition) is 3. The second kappa shape index (κ2) is 5.25. The Labute approximate surface area is 107 Å². The van der Waals surface area contributed by atoms with Gasteiger partial charge in [-0.1, -0.05) is 17.7 Å². The zero-order valence-electron chi connectivity index (χ0n) is 10.3. The summed E-state index contributed by atoms with van der Waals surface area (Å²) in [4.78, 5) is 2.39. The average molecular weight is 255 g/mol. The van der Waals surface area contributed by atoms with Crippen LogP contribution in [0.2, 0.25) is 5.02 Å². The Morgan fingerprint density at radius 1 is 1.53 bits per heavy atom. The first-order valence-corrected chi connectivity index (χ1v) is 6.31. The number of ether oxygens (including phenoxy) is 1. The standard InChI is InChI=1S/C13H19ClN2O/c1-9-12(15)5-6-16(9)8-10-3-4-13(17-2)11(14)7-10/h3-4,7,9,12H,5-6,8,15H2,1-2H3. The summed E-state index contributed by atoms with van der Waals surface area (Å²) in [7, 11) is 1.63. The first kappa shape index (κ1) is 12.7. The lowest BCUT2D eigenvalue weighted by molar-refractivity contribution is 0.251. The van der Waals surface area contributed by atoms with Crippen LogP contribution in [0.3, 0.4) is 0 Å². The molecule has 1 aromatic rings. The van der Waals surface area contributed by atoms with E-state index in [2.05, 4.69) is 17.9 Å². The van der Waals surface area contributed by atoms with Crippen molar-refractivity contribution in [2.24, 2.45) is 5.73 Å². The Morgan fingerprint density at radius 2 is 2.29 bits per heavy atom. The average Bonchev–Trinajstić information content (AvgIpc) is 2.61. The van der Waals surface area contributed by atoms with Crippen LogP contribution in [0.15, 0.2) is 18.2 Å². The Balaban J connectivity index is 2.06. The molecule has 4 heteroatoms. The molecule has 3 nitrogen and oxygen atoms in total. The Hall–Kier alpha value is -0.770. The summed E-state index contributed by atoms with van der Waals surface area (Å²) in [6.07, 6.45) is 1.07. The van der Waals surface area contributed by atoms with Crippen molar-refractivity contribution in [2.45, 2.75) is 32.0 Å². The maximum atomic E-state index is 6.11. The first-order chi connectivity index (χ1) is 8.11. The van der Waals surface area contributed by atoms with Gasteiger partial charge in [-0.3, -0.25) is 4.90 Å². The molecule has 0 bridgehead atoms. The van der Waals surface area contributed by atoms with Crippen LogP contribution in [0, 0.1) is 0 Å². The Kier molecular flexibility index (Phi) is 3.92. The third-order valence-corrected chi connectivity index (χ3v) is 3.84. The minimum Gasteiger partial charge on any atom is -0.495 e. The van der Waals surface area contributed by atoms with Gasteiger partial charge in [-0.05, 0) is 31.0 Å². The van der Waals surface area contributed by atoms with E-state index < -0.39 is 0 Å². The quantitative estimate of drug-likeness (QED) is 0.899. The van der Waals surface area contributed by atoms with Crippen molar-refractivity contribution in [2.75, 3.05) is 13.7 Å². The van der Waals surface area contributed by atoms with Crippen LogP contribution < -0.4 is 10.5 Å². The van der Waals surface area contributed by atoms with Gasteiger partial charge in [0.25, 0.3) is 0 Å². The van der Waals surface area contributed by atoms with E-state index in [9.17, 15) is 0 Å². The summed E-state index contributed by atoms with van der Waals surface area (Å²) in [5.41, 5.74) is 7.22. The van der Waals surface area contributed by atoms with Crippen LogP contribution in [-0.2, 0) is 6.54 Å². The van der Waals surface area contributed by atoms with Gasteiger partial charge in [-0.2, -0.15) is 0 Å². The molecule has 94 valence electrons. The normalized spacial score (nSPS) is 25.2. The fourth-order valence-corrected chi connectivity index (χ4v) is 2.58. The number of methoxy groups -OCH3 is 1. The van der Waals surface area contributed by atoms with E-state index in [0.29, 0.717) is 17.1 Å². The molecular formula is C13H19ClN2O. The molecule has 2 atom stereocenters. The molecule has 0 saturated carbocycles. The molecule has 0 aromatic heterocycles. The molecule has 1 fully saturated rings. The van der Waals surface area contributed by atoms with Crippen molar-refractivity contribution in [3.05, 3.63) is 28.8 Å². The topological polar surface area (TPSA) is 38.5 Å². The van der Waals surface area contributed by atoms with Gasteiger partial charge in [-0.15, -0.1) is 0 Å². The molecular weight excluding hydrogens is 236 g/mol. The molecule has 0 aliphatic carbocycles. The highest BCUT2D eigenvalue weighted by molar-refractivity contribution is 6.32. The zero-order valence-corrected chi connectivity index (χ0v) is 11.1. The molecule has 1 heterocycles. The number of hydrogen-bond donors (Lipinski definition) is 1. The molecule has 1 aliphatic rings. The number of halogens is 1. The van der Waals surface area contributed by atoms with E-state index in [4.69, 9.17) is 22.1 Å². The number of benzene rings is 1. The molecule has 0 radical (unpaired) electrons. The van der Waals surface area contributed by atoms with Crippen molar-refractivity contribution in [1.82, 2.24) is 4.90 Å². The van der Waals surface area contributed by atoms with E-state index in [1.54, 1.807) is 7.11 Å². The number of likely N-dealkylation sites (tertiary alicyclic amines) is 1. The van der Waals surface area contributed by atoms with Gasteiger partial charge < -0.3 is 10.5 Å². The van der Waals surface area contributed by atoms with Crippen molar-refractivity contribution >= 4 is 11.6 Å². The molecule has 0 spiro atoms. The SMILES string of the molecule is COc1ccc(CN2CCC(N)C2C)cc1Cl. The van der Waals surface area contributed by atoms with Crippen LogP contribution >= 0.6 is 11.6 Å². The van der Waals surface area contributed by atoms with E-state index in [0.717, 1.165) is 25.3 Å². The largest absolute Gasteiger partial charge is 0.495 e. The number of nitrogens with two attached hydrogens (primary N) is 1. The fraction of sp³-hybridized carbons (Fsp3) is 0.538. The summed E-state index contributed by atoms with van der Waals surface area (Å²) >= 11 is 6.11. The van der Waals surface area contributed by atoms with Gasteiger partial charge in [0.2, 0.25) is 0 Å². The van der Waals surface area contributed by atoms with Crippen LogP contribution in [0.4, 0.5) is 0 Å². The van der Waals surface area contributed by atoms with Crippen molar-refractivity contribution in [3.8, 4) is 5.75 Å². The molecule has 1 aromatic carbocycles. The fourth-order valence-electron chi connectivity index (χ4n) is 2.30. The third-order valence-electron chi connectivity index (χ3n) is 3.55. The van der Waals surface area contributed by atoms with E-state index in [1.165, 1.54) is 5.56 Å². The third kappa shape index (κ3) is 2.73. The molecule has 17 heavy (non-hydrogen) atoms. The maximum absolute atomic E-state index is 6.11. The smallest absolute Gasteiger partial charge is 0.137 e. The summed E-state index contributed by atoms with van der Waals surface area (Å²) in [5, 5.41) is 0.668. The minimum absolute atomic E-state index is 0.295. The van der Waals surface area contributed by atoms with Crippen LogP contribution in [0.1, 0.15) is 18.9 Å². The lowest BCUT2D eigenvalue weighted by Crippen LogP contribution is -2.36. The van der Waals surface area contributed by atoms with Gasteiger partial charge in [0.05, 0.1) is 12.1 Å². The van der Waals surface area contributed by atoms with Gasteiger partial charge in [0, 0.05) is 25.2 Å². The highest BCUT2D eigenvalue weighted by Gasteiger charge is 2.27. The lowest BCUT2D eigenvalue weighted by atomic mass is 10.1. The lowest BCUT2D eigenvalue weighted by Gasteiger charge is -2.23. The summed E-state index contributed by atoms with van der Waals surface area (Å²) in [6.45, 7) is 4.15. The van der Waals surface area contributed by atoms with Crippen molar-refractivity contribution < 1.29 is 4.74 Å². The Morgan fingerprint density at radius 3 is 2.82 bits per heavy atom. The molecule has 2 rings (SSSR count). The summed E-state index contributed by atoms with van der Waals surface area (Å²) in [5.74, 6) is 0.724. The minimum atomic E-state index is 0.295. The van der Waals surface area contributed by atoms with Gasteiger partial charge in [-0.25, -0.2) is 0 Å². The second-order valence-electron chi connectivity index (χ2n) is 4.63. The van der Waals surface area contributed by atoms with E-state index >= 15 is 0 Å². The van der Waals surface area contributed by atoms with Crippen LogP contribution in [0.25, 0.3) is 0 Å². The predicted octanol–water partition coefficient (Wildman–Crippen LogP) is 2.27. The van der Waals surface area contributed by atoms with E-state index in [-0.39, 0.29) is 0 Å². The maximum Gasteiger partial charge on any atom is 0.137 e. The van der Waals surface area contributed by atoms with Crippen molar-refractivity contribution in [3.63, 3.8) is 0 Å². The summed E-state index contributed by atoms with van der Waals surface area (Å²) < 4.78 is 5.14. The zero-order chi connectivity index (χ0) is 12.4. The highest BCUT2D eigenvalue weighted by atomic mass is 35.5. The Bertz CT molecular complexity index is 397. The molecule has 2 unspecified atom stereocenters. The van der Waals surface area contributed by atoms with Crippen molar-refractivity contribution in [1.29, 1.82) is 0 Å². The number of rotatable bonds is 3. The predicted molar refractivity (Wildman–Crippen MR) is 70.5 cm³/mol. The molecule has 2 N–H and O–H groups in total. The van der Waals surface area contributed by atoms with Crippen LogP contribution in [0.5, 0.6) is 5.75 Å². The molecule has 1 saturated heterocycles. The molecule has 1 aliphatic heterocycles. The first-order valence-electron chi connectivity index (χ1n) is 5.94. The van der Waals surface area contributed by atoms with E-state index in [1.807, 2.05) is 12.1 Å².